The van der Waals surface area contributed by atoms with E-state index in [-0.39, 0.29) is 12.1 Å². The summed E-state index contributed by atoms with van der Waals surface area (Å²) in [6, 6.07) is 5.21. The first-order valence-electron chi connectivity index (χ1n) is 9.17. The van der Waals surface area contributed by atoms with Crippen LogP contribution in [-0.4, -0.2) is 34.6 Å². The van der Waals surface area contributed by atoms with Gasteiger partial charge >= 0.3 is 0 Å². The highest BCUT2D eigenvalue weighted by Crippen LogP contribution is 2.39. The van der Waals surface area contributed by atoms with E-state index in [1.54, 1.807) is 24.0 Å². The number of alkyl halides is 2. The maximum atomic E-state index is 13.0. The van der Waals surface area contributed by atoms with Crippen molar-refractivity contribution in [2.75, 3.05) is 13.2 Å². The minimum absolute atomic E-state index is 0.0491. The summed E-state index contributed by atoms with van der Waals surface area (Å²) in [5.74, 6) is 0.482. The second-order valence-corrected chi connectivity index (χ2v) is 7.24. The number of benzene rings is 1. The largest absolute Gasteiger partial charge is 0.492 e. The molecule has 0 aliphatic carbocycles. The first-order chi connectivity index (χ1) is 13.3. The molecule has 1 atom stereocenters. The second-order valence-electron chi connectivity index (χ2n) is 6.86. The van der Waals surface area contributed by atoms with E-state index in [0.717, 1.165) is 5.56 Å². The van der Waals surface area contributed by atoms with Crippen molar-refractivity contribution < 1.29 is 18.6 Å². The highest BCUT2D eigenvalue weighted by molar-refractivity contribution is 6.33. The normalized spacial score (nSPS) is 17.0. The molecule has 8 heteroatoms. The van der Waals surface area contributed by atoms with Crippen molar-refractivity contribution >= 4 is 11.6 Å². The van der Waals surface area contributed by atoms with E-state index < -0.39 is 24.6 Å². The summed E-state index contributed by atoms with van der Waals surface area (Å²) < 4.78 is 31.5. The lowest BCUT2D eigenvalue weighted by Gasteiger charge is -2.35. The molecule has 2 aromatic rings. The van der Waals surface area contributed by atoms with Crippen molar-refractivity contribution in [3.63, 3.8) is 0 Å². The van der Waals surface area contributed by atoms with Gasteiger partial charge in [-0.3, -0.25) is 9.69 Å². The number of aryl methyl sites for hydroxylation is 1. The number of halogens is 3. The lowest BCUT2D eigenvalue weighted by molar-refractivity contribution is -0.0128. The molecule has 2 N–H and O–H groups in total. The third kappa shape index (κ3) is 4.21. The van der Waals surface area contributed by atoms with Gasteiger partial charge in [-0.15, -0.1) is 0 Å². The zero-order valence-electron chi connectivity index (χ0n) is 15.8. The number of hydrogen-bond acceptors (Lipinski definition) is 4. The van der Waals surface area contributed by atoms with Gasteiger partial charge in [0.05, 0.1) is 11.6 Å². The number of ether oxygens (including phenoxy) is 1. The van der Waals surface area contributed by atoms with E-state index in [9.17, 15) is 18.7 Å². The van der Waals surface area contributed by atoms with Crippen LogP contribution in [0.25, 0.3) is 0 Å². The van der Waals surface area contributed by atoms with Gasteiger partial charge in [0.25, 0.3) is 5.56 Å². The van der Waals surface area contributed by atoms with Gasteiger partial charge in [-0.1, -0.05) is 17.7 Å². The number of nitrogens with one attached hydrogen (secondary N) is 1. The maximum Gasteiger partial charge on any atom is 0.252 e. The zero-order chi connectivity index (χ0) is 20.4. The second kappa shape index (κ2) is 8.59. The Bertz CT molecular complexity index is 917. The van der Waals surface area contributed by atoms with Gasteiger partial charge < -0.3 is 14.8 Å². The number of aromatic amines is 1. The molecule has 1 aliphatic heterocycles. The molecule has 0 fully saturated rings. The monoisotopic (exact) mass is 412 g/mol. The Morgan fingerprint density at radius 3 is 2.86 bits per heavy atom. The van der Waals surface area contributed by atoms with Gasteiger partial charge in [-0.25, -0.2) is 8.78 Å². The maximum absolute atomic E-state index is 13.0. The van der Waals surface area contributed by atoms with Gasteiger partial charge in [0.1, 0.15) is 12.0 Å². The van der Waals surface area contributed by atoms with E-state index in [0.29, 0.717) is 47.2 Å². The quantitative estimate of drug-likeness (QED) is 0.761. The zero-order valence-corrected chi connectivity index (χ0v) is 16.5. The number of aliphatic hydroxyl groups excluding tert-OH is 1. The molecule has 152 valence electrons. The van der Waals surface area contributed by atoms with Crippen LogP contribution in [0, 0.1) is 6.92 Å². The first-order valence-corrected chi connectivity index (χ1v) is 9.55. The lowest BCUT2D eigenvalue weighted by Crippen LogP contribution is -2.37. The fraction of sp³-hybridized carbons (Fsp3) is 0.450. The van der Waals surface area contributed by atoms with E-state index >= 15 is 0 Å². The molecular weight excluding hydrogens is 390 g/mol. The molecule has 0 amide bonds. The Labute approximate surface area is 166 Å². The molecule has 1 aromatic heterocycles. The van der Waals surface area contributed by atoms with Crippen molar-refractivity contribution in [2.45, 2.75) is 45.9 Å². The topological polar surface area (TPSA) is 65.6 Å². The molecule has 3 rings (SSSR count). The number of aromatic nitrogens is 1. The summed E-state index contributed by atoms with van der Waals surface area (Å²) in [7, 11) is 0. The molecule has 2 heterocycles. The third-order valence-electron chi connectivity index (χ3n) is 4.91. The van der Waals surface area contributed by atoms with Gasteiger partial charge in [0.2, 0.25) is 6.43 Å². The van der Waals surface area contributed by atoms with Crippen LogP contribution in [0.3, 0.4) is 0 Å². The van der Waals surface area contributed by atoms with Crippen LogP contribution in [-0.2, 0) is 19.4 Å². The van der Waals surface area contributed by atoms with Crippen molar-refractivity contribution in [3.05, 3.63) is 61.5 Å². The average Bonchev–Trinajstić information content (AvgIpc) is 2.61. The summed E-state index contributed by atoms with van der Waals surface area (Å²) in [6.45, 7) is 4.45. The Morgan fingerprint density at radius 1 is 1.43 bits per heavy atom. The number of fused-ring (bicyclic) bond motifs is 1. The van der Waals surface area contributed by atoms with Crippen LogP contribution in [0.15, 0.2) is 23.0 Å². The standard InChI is InChI=1S/C20H23ClF2N2O3/c1-3-28-15-5-4-12-6-7-25(20(27)17(12)18(15)21)10-14-13(9-16(22)23)8-11(2)24-19(14)26/h4-5,8,16,20,27H,3,6-7,9-10H2,1-2H3,(H,24,26). The van der Waals surface area contributed by atoms with E-state index in [4.69, 9.17) is 16.3 Å². The molecule has 1 unspecified atom stereocenters. The van der Waals surface area contributed by atoms with Gasteiger partial charge in [0, 0.05) is 36.3 Å². The summed E-state index contributed by atoms with van der Waals surface area (Å²) in [4.78, 5) is 16.7. The van der Waals surface area contributed by atoms with Gasteiger partial charge in [0.15, 0.2) is 0 Å². The molecule has 0 radical (unpaired) electrons. The first kappa shape index (κ1) is 20.8. The Morgan fingerprint density at radius 2 is 2.18 bits per heavy atom. The number of rotatable bonds is 6. The minimum Gasteiger partial charge on any atom is -0.492 e. The van der Waals surface area contributed by atoms with Crippen LogP contribution in [0.4, 0.5) is 8.78 Å². The molecule has 28 heavy (non-hydrogen) atoms. The fourth-order valence-corrected chi connectivity index (χ4v) is 3.96. The van der Waals surface area contributed by atoms with Crippen LogP contribution in [0.5, 0.6) is 5.75 Å². The Balaban J connectivity index is 1.94. The Kier molecular flexibility index (Phi) is 6.37. The molecule has 0 saturated heterocycles. The Hall–Kier alpha value is -1.96. The molecule has 0 saturated carbocycles. The number of pyridine rings is 1. The molecule has 5 nitrogen and oxygen atoms in total. The fourth-order valence-electron chi connectivity index (χ4n) is 3.62. The lowest BCUT2D eigenvalue weighted by atomic mass is 9.96. The number of aliphatic hydroxyl groups is 1. The van der Waals surface area contributed by atoms with Crippen molar-refractivity contribution in [1.29, 1.82) is 0 Å². The van der Waals surface area contributed by atoms with E-state index in [2.05, 4.69) is 4.98 Å². The highest BCUT2D eigenvalue weighted by atomic mass is 35.5. The van der Waals surface area contributed by atoms with Crippen molar-refractivity contribution in [1.82, 2.24) is 9.88 Å². The molecule has 0 bridgehead atoms. The van der Waals surface area contributed by atoms with Crippen LogP contribution >= 0.6 is 11.6 Å². The summed E-state index contributed by atoms with van der Waals surface area (Å²) in [5.41, 5.74) is 2.09. The molecule has 1 aliphatic rings. The van der Waals surface area contributed by atoms with Gasteiger partial charge in [-0.05, 0) is 43.5 Å². The average molecular weight is 413 g/mol. The minimum atomic E-state index is -2.56. The van der Waals surface area contributed by atoms with Crippen molar-refractivity contribution in [3.8, 4) is 5.75 Å². The van der Waals surface area contributed by atoms with E-state index in [1.807, 2.05) is 13.0 Å². The molecule has 0 spiro atoms. The highest BCUT2D eigenvalue weighted by Gasteiger charge is 2.30. The van der Waals surface area contributed by atoms with Crippen LogP contribution in [0.2, 0.25) is 5.02 Å². The van der Waals surface area contributed by atoms with E-state index in [1.165, 1.54) is 0 Å². The smallest absolute Gasteiger partial charge is 0.252 e. The SMILES string of the molecule is CCOc1ccc2c(c1Cl)C(O)N(Cc1c(CC(F)F)cc(C)[nH]c1=O)CC2. The summed E-state index contributed by atoms with van der Waals surface area (Å²) >= 11 is 6.44. The van der Waals surface area contributed by atoms with Crippen LogP contribution < -0.4 is 10.3 Å². The molecular formula is C20H23ClF2N2O3. The number of nitrogens with zero attached hydrogens (tertiary/aromatic N) is 1. The van der Waals surface area contributed by atoms with Crippen LogP contribution in [0.1, 0.15) is 41.1 Å². The predicted molar refractivity (Wildman–Crippen MR) is 103 cm³/mol. The predicted octanol–water partition coefficient (Wildman–Crippen LogP) is 3.59. The summed E-state index contributed by atoms with van der Waals surface area (Å²) in [5, 5.41) is 11.2. The molecule has 1 aromatic carbocycles. The number of hydrogen-bond donors (Lipinski definition) is 2. The third-order valence-corrected chi connectivity index (χ3v) is 5.30. The summed E-state index contributed by atoms with van der Waals surface area (Å²) in [6.07, 6.45) is -3.51. The van der Waals surface area contributed by atoms with Crippen molar-refractivity contribution in [2.24, 2.45) is 0 Å². The number of H-pyrrole nitrogens is 1. The van der Waals surface area contributed by atoms with Gasteiger partial charge in [-0.2, -0.15) is 0 Å².